The molecule has 1 nitrogen and oxygen atoms in total. The molecule has 60 valence electrons. The predicted octanol–water partition coefficient (Wildman–Crippen LogP) is 2.75. The summed E-state index contributed by atoms with van der Waals surface area (Å²) in [5.74, 6) is 0.663. The number of aryl methyl sites for hydroxylation is 2. The summed E-state index contributed by atoms with van der Waals surface area (Å²) in [6, 6.07) is 3.66. The molecule has 1 rings (SSSR count). The summed E-state index contributed by atoms with van der Waals surface area (Å²) in [4.78, 5) is 0. The number of hydrogen-bond acceptors (Lipinski definition) is 1. The largest absolute Gasteiger partial charge is 0.508 e. The molecule has 0 spiro atoms. The highest BCUT2D eigenvalue weighted by Gasteiger charge is 2.01. The number of halogens is 1. The van der Waals surface area contributed by atoms with E-state index in [4.69, 9.17) is 11.6 Å². The Morgan fingerprint density at radius 2 is 1.82 bits per heavy atom. The van der Waals surface area contributed by atoms with Crippen LogP contribution in [0.5, 0.6) is 5.75 Å². The summed E-state index contributed by atoms with van der Waals surface area (Å²) in [6.45, 7) is 3.97. The van der Waals surface area contributed by atoms with Crippen molar-refractivity contribution in [2.75, 3.05) is 0 Å². The highest BCUT2D eigenvalue weighted by molar-refractivity contribution is 6.17. The van der Waals surface area contributed by atoms with Gasteiger partial charge in [-0.15, -0.1) is 11.6 Å². The summed E-state index contributed by atoms with van der Waals surface area (Å²) in [6.07, 6.45) is 0. The summed E-state index contributed by atoms with van der Waals surface area (Å²) in [5.41, 5.74) is 3.06. The fourth-order valence-corrected chi connectivity index (χ4v) is 1.18. The topological polar surface area (TPSA) is 20.2 Å². The molecule has 0 radical (unpaired) electrons. The maximum Gasteiger partial charge on any atom is 0.120 e. The van der Waals surface area contributed by atoms with Gasteiger partial charge in [0.25, 0.3) is 0 Å². The molecule has 0 atom stereocenters. The monoisotopic (exact) mass is 170 g/mol. The Morgan fingerprint density at radius 1 is 1.27 bits per heavy atom. The van der Waals surface area contributed by atoms with E-state index in [0.29, 0.717) is 11.6 Å². The minimum atomic E-state index is 0.295. The van der Waals surface area contributed by atoms with Crippen molar-refractivity contribution in [2.24, 2.45) is 0 Å². The second-order valence-electron chi connectivity index (χ2n) is 2.70. The number of rotatable bonds is 1. The fraction of sp³-hybridized carbons (Fsp3) is 0.333. The van der Waals surface area contributed by atoms with E-state index in [1.807, 2.05) is 19.9 Å². The summed E-state index contributed by atoms with van der Waals surface area (Å²) >= 11 is 5.60. The molecule has 0 aromatic heterocycles. The summed E-state index contributed by atoms with van der Waals surface area (Å²) < 4.78 is 0. The van der Waals surface area contributed by atoms with Crippen LogP contribution in [0.25, 0.3) is 0 Å². The first-order valence-corrected chi connectivity index (χ1v) is 4.03. The van der Waals surface area contributed by atoms with Gasteiger partial charge in [-0.25, -0.2) is 0 Å². The lowest BCUT2D eigenvalue weighted by molar-refractivity contribution is 0.470. The molecular weight excluding hydrogens is 160 g/mol. The van der Waals surface area contributed by atoms with E-state index >= 15 is 0 Å². The van der Waals surface area contributed by atoms with Crippen molar-refractivity contribution in [1.29, 1.82) is 0 Å². The number of benzene rings is 1. The van der Waals surface area contributed by atoms with Gasteiger partial charge in [0.2, 0.25) is 0 Å². The molecule has 0 unspecified atom stereocenters. The van der Waals surface area contributed by atoms with Crippen LogP contribution in [0, 0.1) is 13.8 Å². The highest BCUT2D eigenvalue weighted by atomic mass is 35.5. The molecule has 0 aliphatic rings. The van der Waals surface area contributed by atoms with E-state index in [1.165, 1.54) is 5.56 Å². The van der Waals surface area contributed by atoms with Gasteiger partial charge in [-0.3, -0.25) is 0 Å². The molecule has 1 aromatic carbocycles. The number of phenols is 1. The lowest BCUT2D eigenvalue weighted by Crippen LogP contribution is -1.85. The van der Waals surface area contributed by atoms with Gasteiger partial charge in [0.1, 0.15) is 5.75 Å². The molecule has 0 fully saturated rings. The maximum absolute atomic E-state index is 9.33. The van der Waals surface area contributed by atoms with Crippen LogP contribution in [-0.4, -0.2) is 5.11 Å². The zero-order valence-corrected chi connectivity index (χ0v) is 7.44. The van der Waals surface area contributed by atoms with Gasteiger partial charge < -0.3 is 5.11 Å². The normalized spacial score (nSPS) is 10.1. The van der Waals surface area contributed by atoms with Gasteiger partial charge in [-0.2, -0.15) is 0 Å². The quantitative estimate of drug-likeness (QED) is 0.643. The Bertz CT molecular complexity index is 269. The predicted molar refractivity (Wildman–Crippen MR) is 47.1 cm³/mol. The Morgan fingerprint density at radius 3 is 2.36 bits per heavy atom. The van der Waals surface area contributed by atoms with E-state index in [1.54, 1.807) is 6.07 Å². The van der Waals surface area contributed by atoms with Gasteiger partial charge in [0.15, 0.2) is 0 Å². The minimum absolute atomic E-state index is 0.295. The van der Waals surface area contributed by atoms with E-state index < -0.39 is 0 Å². The van der Waals surface area contributed by atoms with Gasteiger partial charge in [-0.1, -0.05) is 6.07 Å². The first kappa shape index (κ1) is 8.41. The number of alkyl halides is 1. The Kier molecular flexibility index (Phi) is 2.40. The van der Waals surface area contributed by atoms with Crippen LogP contribution in [0.4, 0.5) is 0 Å². The SMILES string of the molecule is Cc1cc(O)c(CCl)cc1C. The second-order valence-corrected chi connectivity index (χ2v) is 2.97. The molecule has 0 heterocycles. The third-order valence-corrected chi connectivity index (χ3v) is 2.13. The van der Waals surface area contributed by atoms with Crippen molar-refractivity contribution < 1.29 is 5.11 Å². The second kappa shape index (κ2) is 3.14. The molecule has 0 bridgehead atoms. The van der Waals surface area contributed by atoms with E-state index in [-0.39, 0.29) is 0 Å². The standard InChI is InChI=1S/C9H11ClO/c1-6-3-8(5-10)9(11)4-7(6)2/h3-4,11H,5H2,1-2H3. The van der Waals surface area contributed by atoms with Gasteiger partial charge >= 0.3 is 0 Å². The van der Waals surface area contributed by atoms with Crippen LogP contribution in [-0.2, 0) is 5.88 Å². The van der Waals surface area contributed by atoms with E-state index in [2.05, 4.69) is 0 Å². The Balaban J connectivity index is 3.21. The molecular formula is C9H11ClO. The number of phenolic OH excluding ortho intramolecular Hbond substituents is 1. The Hall–Kier alpha value is -0.690. The van der Waals surface area contributed by atoms with Gasteiger partial charge in [-0.05, 0) is 31.0 Å². The first-order valence-electron chi connectivity index (χ1n) is 3.50. The van der Waals surface area contributed by atoms with Crippen molar-refractivity contribution in [3.63, 3.8) is 0 Å². The minimum Gasteiger partial charge on any atom is -0.508 e. The van der Waals surface area contributed by atoms with Gasteiger partial charge in [0.05, 0.1) is 5.88 Å². The third kappa shape index (κ3) is 1.66. The van der Waals surface area contributed by atoms with Crippen LogP contribution in [0.2, 0.25) is 0 Å². The number of aromatic hydroxyl groups is 1. The van der Waals surface area contributed by atoms with Crippen molar-refractivity contribution in [3.8, 4) is 5.75 Å². The lowest BCUT2D eigenvalue weighted by atomic mass is 10.1. The summed E-state index contributed by atoms with van der Waals surface area (Å²) in [7, 11) is 0. The van der Waals surface area contributed by atoms with Crippen molar-refractivity contribution in [2.45, 2.75) is 19.7 Å². The molecule has 2 heteroatoms. The van der Waals surface area contributed by atoms with Crippen molar-refractivity contribution in [3.05, 3.63) is 28.8 Å². The molecule has 1 aromatic rings. The van der Waals surface area contributed by atoms with Crippen molar-refractivity contribution in [1.82, 2.24) is 0 Å². The highest BCUT2D eigenvalue weighted by Crippen LogP contribution is 2.22. The lowest BCUT2D eigenvalue weighted by Gasteiger charge is -2.04. The average Bonchev–Trinajstić information content (AvgIpc) is 1.97. The van der Waals surface area contributed by atoms with Crippen molar-refractivity contribution >= 4 is 11.6 Å². The molecule has 0 saturated heterocycles. The van der Waals surface area contributed by atoms with Gasteiger partial charge in [0, 0.05) is 5.56 Å². The number of hydrogen-bond donors (Lipinski definition) is 1. The molecule has 0 aliphatic heterocycles. The molecule has 0 saturated carbocycles. The zero-order chi connectivity index (χ0) is 8.43. The van der Waals surface area contributed by atoms with Crippen LogP contribution >= 0.6 is 11.6 Å². The van der Waals surface area contributed by atoms with Crippen LogP contribution < -0.4 is 0 Å². The molecule has 1 N–H and O–H groups in total. The Labute approximate surface area is 71.6 Å². The average molecular weight is 171 g/mol. The molecule has 11 heavy (non-hydrogen) atoms. The van der Waals surface area contributed by atoms with E-state index in [0.717, 1.165) is 11.1 Å². The third-order valence-electron chi connectivity index (χ3n) is 1.84. The maximum atomic E-state index is 9.33. The zero-order valence-electron chi connectivity index (χ0n) is 6.69. The molecule has 0 amide bonds. The summed E-state index contributed by atoms with van der Waals surface area (Å²) in [5, 5.41) is 9.33. The smallest absolute Gasteiger partial charge is 0.120 e. The van der Waals surface area contributed by atoms with E-state index in [9.17, 15) is 5.11 Å². The fourth-order valence-electron chi connectivity index (χ4n) is 0.968. The molecule has 0 aliphatic carbocycles. The van der Waals surface area contributed by atoms with Crippen LogP contribution in [0.3, 0.4) is 0 Å². The van der Waals surface area contributed by atoms with Crippen LogP contribution in [0.15, 0.2) is 12.1 Å². The first-order chi connectivity index (χ1) is 5.15. The van der Waals surface area contributed by atoms with Crippen LogP contribution in [0.1, 0.15) is 16.7 Å².